The number of hydrogen-bond donors (Lipinski definition) is 3. The number of carboxylic acids is 1. The predicted molar refractivity (Wildman–Crippen MR) is 139 cm³/mol. The van der Waals surface area contributed by atoms with E-state index in [0.29, 0.717) is 17.6 Å². The first kappa shape index (κ1) is 30.1. The van der Waals surface area contributed by atoms with Gasteiger partial charge in [-0.05, 0) is 44.9 Å². The van der Waals surface area contributed by atoms with Crippen LogP contribution in [0.3, 0.4) is 0 Å². The topological polar surface area (TPSA) is 181 Å². The average molecular weight is 567 g/mol. The Balaban J connectivity index is 1.78. The Hall–Kier alpha value is -3.45. The molecule has 2 unspecified atom stereocenters. The molecule has 3 rings (SSSR count). The lowest BCUT2D eigenvalue weighted by molar-refractivity contribution is -0.149. The van der Waals surface area contributed by atoms with Crippen molar-refractivity contribution in [2.24, 2.45) is 0 Å². The number of benzene rings is 1. The maximum absolute atomic E-state index is 13.9. The minimum atomic E-state index is -3.98. The molecule has 0 amide bonds. The van der Waals surface area contributed by atoms with E-state index in [-0.39, 0.29) is 30.1 Å². The zero-order valence-electron chi connectivity index (χ0n) is 22.1. The van der Waals surface area contributed by atoms with Gasteiger partial charge in [0.25, 0.3) is 7.52 Å². The number of imidazole rings is 1. The fourth-order valence-corrected chi connectivity index (χ4v) is 5.53. The summed E-state index contributed by atoms with van der Waals surface area (Å²) in [5.74, 6) is -2.54. The van der Waals surface area contributed by atoms with Crippen LogP contribution in [0.25, 0.3) is 11.2 Å². The van der Waals surface area contributed by atoms with Crippen LogP contribution in [0.1, 0.15) is 50.0 Å². The fraction of sp³-hybridized carbons (Fsp3) is 0.458. The first-order chi connectivity index (χ1) is 18.3. The monoisotopic (exact) mass is 566 g/mol. The number of anilines is 1. The van der Waals surface area contributed by atoms with Crippen molar-refractivity contribution in [3.05, 3.63) is 47.8 Å². The lowest BCUT2D eigenvalue weighted by Crippen LogP contribution is -2.47. The number of aromatic nitrogens is 4. The van der Waals surface area contributed by atoms with Crippen LogP contribution in [0.5, 0.6) is 0 Å². The van der Waals surface area contributed by atoms with E-state index in [2.05, 4.69) is 20.0 Å². The zero-order valence-corrected chi connectivity index (χ0v) is 23.0. The minimum Gasteiger partial charge on any atom is -0.478 e. The smallest absolute Gasteiger partial charge is 0.336 e. The lowest BCUT2D eigenvalue weighted by Gasteiger charge is -2.30. The summed E-state index contributed by atoms with van der Waals surface area (Å²) in [4.78, 5) is 36.5. The number of nitrogens with zero attached hydrogens (tertiary/aromatic N) is 4. The van der Waals surface area contributed by atoms with Crippen molar-refractivity contribution < 1.29 is 37.6 Å². The second kappa shape index (κ2) is 12.6. The highest BCUT2D eigenvalue weighted by molar-refractivity contribution is 7.56. The van der Waals surface area contributed by atoms with E-state index in [1.807, 2.05) is 6.92 Å². The Labute approximate surface area is 224 Å². The van der Waals surface area contributed by atoms with E-state index in [4.69, 9.17) is 19.7 Å². The first-order valence-electron chi connectivity index (χ1n) is 12.1. The number of carbonyl (C=O) groups is 2. The van der Waals surface area contributed by atoms with Gasteiger partial charge in [0.15, 0.2) is 11.5 Å². The van der Waals surface area contributed by atoms with E-state index in [1.54, 1.807) is 11.5 Å². The molecule has 0 bridgehead atoms. The molecule has 212 valence electrons. The quantitative estimate of drug-likeness (QED) is 0.192. The van der Waals surface area contributed by atoms with Gasteiger partial charge in [-0.15, -0.1) is 0 Å². The number of carbonyl (C=O) groups excluding carboxylic acids is 1. The van der Waals surface area contributed by atoms with Gasteiger partial charge in [0.05, 0.1) is 37.8 Å². The summed E-state index contributed by atoms with van der Waals surface area (Å²) in [6, 6.07) is 3.14. The van der Waals surface area contributed by atoms with Crippen LogP contribution in [-0.2, 0) is 36.5 Å². The molecule has 0 aliphatic carbocycles. The van der Waals surface area contributed by atoms with Gasteiger partial charge >= 0.3 is 11.9 Å². The third kappa shape index (κ3) is 7.79. The van der Waals surface area contributed by atoms with Crippen molar-refractivity contribution in [1.29, 1.82) is 0 Å². The van der Waals surface area contributed by atoms with Crippen molar-refractivity contribution in [3.8, 4) is 0 Å². The number of rotatable bonds is 14. The Bertz CT molecular complexity index is 1380. The van der Waals surface area contributed by atoms with Gasteiger partial charge in [-0.25, -0.2) is 29.2 Å². The van der Waals surface area contributed by atoms with E-state index < -0.39 is 49.9 Å². The van der Waals surface area contributed by atoms with Crippen molar-refractivity contribution in [2.75, 3.05) is 18.7 Å². The highest BCUT2D eigenvalue weighted by Gasteiger charge is 2.39. The van der Waals surface area contributed by atoms with Gasteiger partial charge in [-0.3, -0.25) is 9.36 Å². The number of halogens is 1. The molecule has 4 N–H and O–H groups in total. The molecule has 1 aromatic carbocycles. The summed E-state index contributed by atoms with van der Waals surface area (Å²) in [6.45, 7) is 6.50. The second-order valence-corrected chi connectivity index (χ2v) is 11.4. The second-order valence-electron chi connectivity index (χ2n) is 9.36. The molecular formula is C24H32FN6O7P. The summed E-state index contributed by atoms with van der Waals surface area (Å²) in [5.41, 5.74) is 5.07. The third-order valence-electron chi connectivity index (χ3n) is 5.54. The molecule has 0 saturated heterocycles. The number of esters is 1. The Morgan fingerprint density at radius 2 is 2.03 bits per heavy atom. The lowest BCUT2D eigenvalue weighted by atomic mass is 10.1. The predicted octanol–water partition coefficient (Wildman–Crippen LogP) is 3.34. The summed E-state index contributed by atoms with van der Waals surface area (Å²) in [7, 11) is -3.98. The first-order valence-corrected chi connectivity index (χ1v) is 13.9. The number of hydrogen-bond acceptors (Lipinski definition) is 10. The molecule has 15 heteroatoms. The van der Waals surface area contributed by atoms with Crippen molar-refractivity contribution >= 4 is 36.4 Å². The average Bonchev–Trinajstić information content (AvgIpc) is 3.29. The van der Waals surface area contributed by atoms with Gasteiger partial charge in [0.1, 0.15) is 29.5 Å². The highest BCUT2D eigenvalue weighted by atomic mass is 31.2. The van der Waals surface area contributed by atoms with Crippen molar-refractivity contribution in [3.63, 3.8) is 0 Å². The third-order valence-corrected chi connectivity index (χ3v) is 7.48. The summed E-state index contributed by atoms with van der Waals surface area (Å²) in [6.07, 6.45) is 2.42. The van der Waals surface area contributed by atoms with E-state index in [9.17, 15) is 23.7 Å². The van der Waals surface area contributed by atoms with Crippen LogP contribution in [0.4, 0.5) is 10.2 Å². The van der Waals surface area contributed by atoms with Crippen LogP contribution >= 0.6 is 7.52 Å². The van der Waals surface area contributed by atoms with Gasteiger partial charge in [0.2, 0.25) is 0 Å². The van der Waals surface area contributed by atoms with Gasteiger partial charge in [0, 0.05) is 0 Å². The van der Waals surface area contributed by atoms with Crippen molar-refractivity contribution in [1.82, 2.24) is 24.6 Å². The van der Waals surface area contributed by atoms with Crippen LogP contribution in [0.15, 0.2) is 30.9 Å². The maximum Gasteiger partial charge on any atom is 0.336 e. The molecule has 13 nitrogen and oxygen atoms in total. The normalized spacial score (nSPS) is 14.2. The van der Waals surface area contributed by atoms with E-state index in [0.717, 1.165) is 12.1 Å². The minimum absolute atomic E-state index is 0.0903. The molecular weight excluding hydrogens is 534 g/mol. The van der Waals surface area contributed by atoms with Crippen LogP contribution in [0.2, 0.25) is 0 Å². The fourth-order valence-electron chi connectivity index (χ4n) is 3.58. The highest BCUT2D eigenvalue weighted by Crippen LogP contribution is 2.46. The molecule has 0 aliphatic rings. The number of nitrogen functional groups attached to an aromatic ring is 1. The van der Waals surface area contributed by atoms with Crippen LogP contribution in [-0.4, -0.2) is 61.2 Å². The van der Waals surface area contributed by atoms with E-state index >= 15 is 0 Å². The molecule has 0 spiro atoms. The number of nitrogens with one attached hydrogen (secondary N) is 1. The van der Waals surface area contributed by atoms with Gasteiger partial charge < -0.3 is 29.4 Å². The maximum atomic E-state index is 13.9. The largest absolute Gasteiger partial charge is 0.478 e. The molecule has 2 atom stereocenters. The Morgan fingerprint density at radius 3 is 2.72 bits per heavy atom. The molecule has 39 heavy (non-hydrogen) atoms. The molecule has 2 heterocycles. The summed E-state index contributed by atoms with van der Waals surface area (Å²) >= 11 is 0. The van der Waals surface area contributed by atoms with Gasteiger partial charge in [-0.1, -0.05) is 13.0 Å². The number of carboxylic acid groups (broad SMARTS) is 1. The molecule has 0 fully saturated rings. The van der Waals surface area contributed by atoms with E-state index in [1.165, 1.54) is 32.6 Å². The Kier molecular flexibility index (Phi) is 9.73. The van der Waals surface area contributed by atoms with Crippen LogP contribution in [0, 0.1) is 5.82 Å². The zero-order chi connectivity index (χ0) is 28.8. The number of ether oxygens (including phenoxy) is 2. The van der Waals surface area contributed by atoms with Gasteiger partial charge in [-0.2, -0.15) is 0 Å². The molecule has 3 aromatic rings. The summed E-state index contributed by atoms with van der Waals surface area (Å²) < 4.78 is 46.0. The SMILES string of the molecule is CCCOC(=O)C(C)(C)NP(=O)(COC(C)Cn1cnc2c(N)ncnc21)OCc1ccc(F)cc1C(=O)O. The number of fused-ring (bicyclic) bond motifs is 1. The summed E-state index contributed by atoms with van der Waals surface area (Å²) in [5, 5.41) is 12.2. The number of aromatic carboxylic acids is 1. The number of nitrogens with two attached hydrogens (primary N) is 1. The molecule has 2 aromatic heterocycles. The molecule has 0 saturated carbocycles. The van der Waals surface area contributed by atoms with Crippen molar-refractivity contribution in [2.45, 2.75) is 58.9 Å². The molecule has 0 aliphatic heterocycles. The standard InChI is InChI=1S/C24H32FN6O7P/c1-5-8-36-23(34)24(3,4)30-39(35,38-11-16-6-7-17(25)9-18(16)22(32)33)14-37-15(2)10-31-13-29-19-20(26)27-12-28-21(19)31/h6-7,9,12-13,15H,5,8,10-11,14H2,1-4H3,(H,30,35)(H,32,33)(H2,26,27,28). The Morgan fingerprint density at radius 1 is 1.28 bits per heavy atom. The molecule has 0 radical (unpaired) electrons. The van der Waals surface area contributed by atoms with Crippen LogP contribution < -0.4 is 10.8 Å².